The Hall–Kier alpha value is -2.96. The smallest absolute Gasteiger partial charge is 0.413 e. The minimum atomic E-state index is -2.08. The second-order valence-electron chi connectivity index (χ2n) is 13.6. The van der Waals surface area contributed by atoms with E-state index >= 15 is 0 Å². The van der Waals surface area contributed by atoms with Crippen LogP contribution < -0.4 is 16.1 Å². The lowest BCUT2D eigenvalue weighted by atomic mass is 9.71. The molecular weight excluding hydrogens is 531 g/mol. The zero-order chi connectivity index (χ0) is 30.0. The number of nitriles is 2. The molecule has 0 spiro atoms. The van der Waals surface area contributed by atoms with Crippen LogP contribution in [0.5, 0.6) is 0 Å². The predicted octanol–water partition coefficient (Wildman–Crippen LogP) is 5.79. The minimum absolute atomic E-state index is 0.0234. The Kier molecular flexibility index (Phi) is 9.15. The number of hydrogen-bond acceptors (Lipinski definition) is 9. The zero-order valence-electron chi connectivity index (χ0n) is 25.7. The highest BCUT2D eigenvalue weighted by molar-refractivity contribution is 6.74. The van der Waals surface area contributed by atoms with E-state index in [1.54, 1.807) is 12.3 Å². The van der Waals surface area contributed by atoms with Crippen molar-refractivity contribution in [3.8, 4) is 12.1 Å². The van der Waals surface area contributed by atoms with Gasteiger partial charge < -0.3 is 24.4 Å². The average Bonchev–Trinajstić information content (AvgIpc) is 3.36. The molecule has 1 aromatic heterocycles. The quantitative estimate of drug-likeness (QED) is 0.377. The van der Waals surface area contributed by atoms with Gasteiger partial charge in [-0.3, -0.25) is 0 Å². The summed E-state index contributed by atoms with van der Waals surface area (Å²) in [5, 5.41) is 26.5. The number of anilines is 3. The molecule has 41 heavy (non-hydrogen) atoms. The second kappa shape index (κ2) is 12.1. The molecule has 1 saturated heterocycles. The highest BCUT2D eigenvalue weighted by atomic mass is 28.4. The molecule has 0 radical (unpaired) electrons. The molecule has 11 heteroatoms. The third-order valence-electron chi connectivity index (χ3n) is 8.50. The van der Waals surface area contributed by atoms with Crippen molar-refractivity contribution < 1.29 is 13.7 Å². The van der Waals surface area contributed by atoms with E-state index in [4.69, 9.17) is 18.7 Å². The molecule has 2 N–H and O–H groups in total. The molecule has 1 aliphatic carbocycles. The molecule has 218 valence electrons. The van der Waals surface area contributed by atoms with E-state index in [0.29, 0.717) is 48.3 Å². The van der Waals surface area contributed by atoms with Gasteiger partial charge in [-0.25, -0.2) is 4.98 Å². The van der Waals surface area contributed by atoms with Crippen molar-refractivity contribution in [1.29, 1.82) is 10.5 Å². The summed E-state index contributed by atoms with van der Waals surface area (Å²) in [5.74, 6) is 1.09. The van der Waals surface area contributed by atoms with Gasteiger partial charge in [0.25, 0.3) is 0 Å². The summed E-state index contributed by atoms with van der Waals surface area (Å²) >= 11 is 0. The normalized spacial score (nSPS) is 20.8. The lowest BCUT2D eigenvalue weighted by molar-refractivity contribution is 0.0341. The predicted molar refractivity (Wildman–Crippen MR) is 165 cm³/mol. The number of nitrogens with zero attached hydrogens (tertiary/aromatic N) is 4. The Morgan fingerprint density at radius 1 is 1.17 bits per heavy atom. The Labute approximate surface area is 246 Å². The van der Waals surface area contributed by atoms with E-state index in [-0.39, 0.29) is 22.4 Å². The first kappa shape index (κ1) is 31.0. The minimum Gasteiger partial charge on any atom is -0.413 e. The maximum absolute atomic E-state index is 10.2. The van der Waals surface area contributed by atoms with E-state index in [1.165, 1.54) is 0 Å². The molecule has 0 bridgehead atoms. The fourth-order valence-corrected chi connectivity index (χ4v) is 5.80. The first-order chi connectivity index (χ1) is 19.2. The number of hydrogen-bond donors (Lipinski definition) is 2. The van der Waals surface area contributed by atoms with Gasteiger partial charge in [-0.05, 0) is 62.0 Å². The van der Waals surface area contributed by atoms with Crippen LogP contribution in [-0.2, 0) is 20.3 Å². The van der Waals surface area contributed by atoms with Crippen LogP contribution >= 0.6 is 0 Å². The van der Waals surface area contributed by atoms with Gasteiger partial charge in [0.05, 0.1) is 30.2 Å². The topological polar surface area (TPSA) is 125 Å². The maximum Gasteiger partial charge on any atom is 0.495 e. The number of benzene rings is 1. The zero-order valence-corrected chi connectivity index (χ0v) is 26.7. The van der Waals surface area contributed by atoms with Gasteiger partial charge in [0.15, 0.2) is 8.32 Å². The van der Waals surface area contributed by atoms with Crippen LogP contribution in [0.15, 0.2) is 18.3 Å². The molecule has 2 atom stereocenters. The highest BCUT2D eigenvalue weighted by Gasteiger charge is 2.39. The fourth-order valence-electron chi connectivity index (χ4n) is 4.85. The number of aryl methyl sites for hydroxylation is 1. The summed E-state index contributed by atoms with van der Waals surface area (Å²) in [7, 11) is -2.73. The monoisotopic (exact) mass is 574 g/mol. The van der Waals surface area contributed by atoms with Crippen molar-refractivity contribution >= 4 is 38.4 Å². The standard InChI is InChI=1S/C30H43BN6O3Si/c1-20-16-34-28(37-27(20)36-25-11-9-10-21(25)14-32)35-24-12-22(15-33)26(31-38-18-30(5,6)19-39-31)23(13-24)17-40-41(7,8)29(2,3)4/h12-13,16,21,25H,9-11,17-19H2,1-8H3,(H2,34,35,36,37). The van der Waals surface area contributed by atoms with E-state index in [1.807, 2.05) is 13.0 Å². The molecular formula is C30H43BN6O3Si. The first-order valence-corrected chi connectivity index (χ1v) is 17.3. The van der Waals surface area contributed by atoms with Crippen molar-refractivity contribution in [2.75, 3.05) is 23.8 Å². The molecule has 1 aromatic carbocycles. The Morgan fingerprint density at radius 3 is 2.51 bits per heavy atom. The number of rotatable bonds is 8. The van der Waals surface area contributed by atoms with Crippen LogP contribution in [0.3, 0.4) is 0 Å². The Balaban J connectivity index is 1.66. The Morgan fingerprint density at radius 2 is 1.88 bits per heavy atom. The van der Waals surface area contributed by atoms with Crippen LogP contribution in [-0.4, -0.2) is 44.7 Å². The molecule has 2 fully saturated rings. The fraction of sp³-hybridized carbons (Fsp3) is 0.600. The van der Waals surface area contributed by atoms with Crippen molar-refractivity contribution in [3.63, 3.8) is 0 Å². The van der Waals surface area contributed by atoms with Crippen LogP contribution in [0.2, 0.25) is 18.1 Å². The SMILES string of the molecule is Cc1cnc(Nc2cc(C#N)c(B3OCC(C)(C)CO3)c(CO[Si](C)(C)C(C)(C)C)c2)nc1NC1CCCC1C#N. The van der Waals surface area contributed by atoms with E-state index in [2.05, 4.69) is 75.5 Å². The van der Waals surface area contributed by atoms with Crippen LogP contribution in [0.4, 0.5) is 17.5 Å². The number of nitrogens with one attached hydrogen (secondary N) is 2. The lowest BCUT2D eigenvalue weighted by Crippen LogP contribution is -2.50. The van der Waals surface area contributed by atoms with Crippen LogP contribution in [0.25, 0.3) is 0 Å². The second-order valence-corrected chi connectivity index (χ2v) is 18.5. The summed E-state index contributed by atoms with van der Waals surface area (Å²) in [6.07, 6.45) is 4.64. The molecule has 2 aromatic rings. The molecule has 2 unspecified atom stereocenters. The van der Waals surface area contributed by atoms with Crippen molar-refractivity contribution in [1.82, 2.24) is 9.97 Å². The lowest BCUT2D eigenvalue weighted by Gasteiger charge is -2.37. The average molecular weight is 575 g/mol. The van der Waals surface area contributed by atoms with Gasteiger partial charge in [0, 0.05) is 47.6 Å². The summed E-state index contributed by atoms with van der Waals surface area (Å²) in [6.45, 7) is 18.6. The molecule has 9 nitrogen and oxygen atoms in total. The summed E-state index contributed by atoms with van der Waals surface area (Å²) in [6, 6.07) is 8.62. The largest absolute Gasteiger partial charge is 0.495 e. The van der Waals surface area contributed by atoms with Gasteiger partial charge >= 0.3 is 7.12 Å². The van der Waals surface area contributed by atoms with E-state index in [0.717, 1.165) is 30.4 Å². The third-order valence-corrected chi connectivity index (χ3v) is 13.0. The molecule has 2 heterocycles. The Bertz CT molecular complexity index is 1340. The van der Waals surface area contributed by atoms with Gasteiger partial charge in [-0.2, -0.15) is 15.5 Å². The molecule has 1 saturated carbocycles. The molecule has 0 amide bonds. The van der Waals surface area contributed by atoms with E-state index < -0.39 is 15.4 Å². The first-order valence-electron chi connectivity index (χ1n) is 14.4. The third kappa shape index (κ3) is 7.28. The molecule has 2 aliphatic rings. The summed E-state index contributed by atoms with van der Waals surface area (Å²) in [5.41, 5.74) is 3.51. The summed E-state index contributed by atoms with van der Waals surface area (Å²) in [4.78, 5) is 9.23. The van der Waals surface area contributed by atoms with Crippen LogP contribution in [0, 0.1) is 40.9 Å². The van der Waals surface area contributed by atoms with E-state index in [9.17, 15) is 10.5 Å². The van der Waals surface area contributed by atoms with Gasteiger partial charge in [0.1, 0.15) is 5.82 Å². The highest BCUT2D eigenvalue weighted by Crippen LogP contribution is 2.37. The maximum atomic E-state index is 10.2. The van der Waals surface area contributed by atoms with Crippen molar-refractivity contribution in [2.24, 2.45) is 11.3 Å². The van der Waals surface area contributed by atoms with Crippen LogP contribution in [0.1, 0.15) is 70.6 Å². The summed E-state index contributed by atoms with van der Waals surface area (Å²) < 4.78 is 18.9. The number of aromatic nitrogens is 2. The molecule has 1 aliphatic heterocycles. The van der Waals surface area contributed by atoms with Gasteiger partial charge in [0.2, 0.25) is 5.95 Å². The van der Waals surface area contributed by atoms with Gasteiger partial charge in [-0.15, -0.1) is 0 Å². The van der Waals surface area contributed by atoms with Crippen molar-refractivity contribution in [2.45, 2.75) is 91.6 Å². The molecule has 4 rings (SSSR count). The van der Waals surface area contributed by atoms with Crippen molar-refractivity contribution in [3.05, 3.63) is 35.0 Å². The van der Waals surface area contributed by atoms with Gasteiger partial charge in [-0.1, -0.05) is 34.6 Å².